The van der Waals surface area contributed by atoms with Crippen molar-refractivity contribution in [2.24, 2.45) is 0 Å². The normalized spacial score (nSPS) is 17.0. The van der Waals surface area contributed by atoms with E-state index in [4.69, 9.17) is 0 Å². The van der Waals surface area contributed by atoms with E-state index < -0.39 is 0 Å². The van der Waals surface area contributed by atoms with E-state index in [-0.39, 0.29) is 5.41 Å². The molecule has 1 nitrogen and oxygen atoms in total. The van der Waals surface area contributed by atoms with Gasteiger partial charge in [-0.05, 0) is 41.3 Å². The van der Waals surface area contributed by atoms with Crippen LogP contribution in [0, 0.1) is 11.3 Å². The van der Waals surface area contributed by atoms with E-state index in [1.54, 1.807) is 0 Å². The third-order valence-corrected chi connectivity index (χ3v) is 3.97. The van der Waals surface area contributed by atoms with Gasteiger partial charge < -0.3 is 0 Å². The average Bonchev–Trinajstić information content (AvgIpc) is 3.09. The molecule has 0 heterocycles. The van der Waals surface area contributed by atoms with Gasteiger partial charge in [-0.25, -0.2) is 0 Å². The van der Waals surface area contributed by atoms with Crippen molar-refractivity contribution in [2.45, 2.75) is 18.3 Å². The van der Waals surface area contributed by atoms with E-state index >= 15 is 0 Å². The van der Waals surface area contributed by atoms with Crippen molar-refractivity contribution in [3.05, 3.63) is 46.4 Å². The summed E-state index contributed by atoms with van der Waals surface area (Å²) in [7, 11) is 0. The number of hydrogen-bond donors (Lipinski definition) is 0. The standard InChI is InChI=1S/C14H10BrN/c15-13-8-11-4-2-1-3-10(11)7-12(13)14(9-16)5-6-14/h1-4,7-8H,5-6H2. The highest BCUT2D eigenvalue weighted by Gasteiger charge is 2.46. The number of hydrogen-bond acceptors (Lipinski definition) is 1. The predicted molar refractivity (Wildman–Crippen MR) is 68.2 cm³/mol. The quantitative estimate of drug-likeness (QED) is 0.764. The first-order chi connectivity index (χ1) is 7.75. The van der Waals surface area contributed by atoms with Crippen molar-refractivity contribution in [3.8, 4) is 6.07 Å². The van der Waals surface area contributed by atoms with Crippen molar-refractivity contribution in [2.75, 3.05) is 0 Å². The largest absolute Gasteiger partial charge is 0.197 e. The molecule has 1 aliphatic rings. The minimum atomic E-state index is -0.219. The number of benzene rings is 2. The van der Waals surface area contributed by atoms with E-state index in [0.717, 1.165) is 22.9 Å². The van der Waals surface area contributed by atoms with Gasteiger partial charge in [0.25, 0.3) is 0 Å². The van der Waals surface area contributed by atoms with Crippen LogP contribution in [0.1, 0.15) is 18.4 Å². The number of nitriles is 1. The molecule has 0 aliphatic heterocycles. The molecule has 2 aromatic carbocycles. The van der Waals surface area contributed by atoms with Crippen LogP contribution in [0.15, 0.2) is 40.9 Å². The van der Waals surface area contributed by atoms with Crippen LogP contribution in [0.25, 0.3) is 10.8 Å². The molecule has 0 saturated heterocycles. The third-order valence-electron chi connectivity index (χ3n) is 3.31. The van der Waals surface area contributed by atoms with Crippen molar-refractivity contribution in [3.63, 3.8) is 0 Å². The monoisotopic (exact) mass is 271 g/mol. The van der Waals surface area contributed by atoms with E-state index in [9.17, 15) is 5.26 Å². The summed E-state index contributed by atoms with van der Waals surface area (Å²) in [5.74, 6) is 0. The lowest BCUT2D eigenvalue weighted by molar-refractivity contribution is 0.904. The highest BCUT2D eigenvalue weighted by molar-refractivity contribution is 9.10. The molecule has 0 N–H and O–H groups in total. The van der Waals surface area contributed by atoms with Crippen LogP contribution in [-0.2, 0) is 5.41 Å². The summed E-state index contributed by atoms with van der Waals surface area (Å²) in [4.78, 5) is 0. The molecule has 0 spiro atoms. The molecule has 78 valence electrons. The molecular weight excluding hydrogens is 262 g/mol. The van der Waals surface area contributed by atoms with Crippen molar-refractivity contribution >= 4 is 26.7 Å². The van der Waals surface area contributed by atoms with Gasteiger partial charge in [-0.2, -0.15) is 5.26 Å². The fraction of sp³-hybridized carbons (Fsp3) is 0.214. The molecule has 1 fully saturated rings. The smallest absolute Gasteiger partial charge is 0.0834 e. The molecule has 3 rings (SSSR count). The highest BCUT2D eigenvalue weighted by Crippen LogP contribution is 2.50. The van der Waals surface area contributed by atoms with E-state index in [1.165, 1.54) is 10.8 Å². The van der Waals surface area contributed by atoms with Gasteiger partial charge in [0.05, 0.1) is 11.5 Å². The highest BCUT2D eigenvalue weighted by atomic mass is 79.9. The van der Waals surface area contributed by atoms with Gasteiger partial charge in [-0.15, -0.1) is 0 Å². The predicted octanol–water partition coefficient (Wildman–Crippen LogP) is 4.16. The first-order valence-electron chi connectivity index (χ1n) is 5.35. The first-order valence-corrected chi connectivity index (χ1v) is 6.14. The van der Waals surface area contributed by atoms with Crippen molar-refractivity contribution in [1.29, 1.82) is 5.26 Å². The third kappa shape index (κ3) is 1.36. The molecule has 0 atom stereocenters. The topological polar surface area (TPSA) is 23.8 Å². The molecule has 0 unspecified atom stereocenters. The maximum Gasteiger partial charge on any atom is 0.0834 e. The summed E-state index contributed by atoms with van der Waals surface area (Å²) in [5, 5.41) is 11.7. The van der Waals surface area contributed by atoms with Gasteiger partial charge in [0.1, 0.15) is 0 Å². The number of halogens is 1. The summed E-state index contributed by atoms with van der Waals surface area (Å²) < 4.78 is 1.06. The van der Waals surface area contributed by atoms with Gasteiger partial charge >= 0.3 is 0 Å². The zero-order chi connectivity index (χ0) is 11.2. The van der Waals surface area contributed by atoms with E-state index in [1.807, 2.05) is 12.1 Å². The second-order valence-corrected chi connectivity index (χ2v) is 5.23. The number of fused-ring (bicyclic) bond motifs is 1. The Balaban J connectivity index is 2.27. The lowest BCUT2D eigenvalue weighted by Gasteiger charge is -2.10. The summed E-state index contributed by atoms with van der Waals surface area (Å²) in [5.41, 5.74) is 0.928. The second-order valence-electron chi connectivity index (χ2n) is 4.37. The Morgan fingerprint density at radius 2 is 1.75 bits per heavy atom. The van der Waals surface area contributed by atoms with Gasteiger partial charge in [-0.3, -0.25) is 0 Å². The zero-order valence-corrected chi connectivity index (χ0v) is 10.3. The Hall–Kier alpha value is -1.33. The molecule has 16 heavy (non-hydrogen) atoms. The molecule has 0 amide bonds. The Morgan fingerprint density at radius 1 is 1.12 bits per heavy atom. The van der Waals surface area contributed by atoms with E-state index in [2.05, 4.69) is 46.3 Å². The van der Waals surface area contributed by atoms with Crippen molar-refractivity contribution in [1.82, 2.24) is 0 Å². The van der Waals surface area contributed by atoms with Crippen LogP contribution in [0.2, 0.25) is 0 Å². The molecule has 0 bridgehead atoms. The van der Waals surface area contributed by atoms with Gasteiger partial charge in [0.2, 0.25) is 0 Å². The van der Waals surface area contributed by atoms with Crippen LogP contribution in [0.3, 0.4) is 0 Å². The lowest BCUT2D eigenvalue weighted by atomic mass is 9.95. The Kier molecular flexibility index (Phi) is 2.05. The zero-order valence-electron chi connectivity index (χ0n) is 8.70. The van der Waals surface area contributed by atoms with Crippen molar-refractivity contribution < 1.29 is 0 Å². The molecule has 0 aromatic heterocycles. The van der Waals surface area contributed by atoms with Crippen LogP contribution in [0.5, 0.6) is 0 Å². The van der Waals surface area contributed by atoms with E-state index in [0.29, 0.717) is 0 Å². The average molecular weight is 272 g/mol. The summed E-state index contributed by atoms with van der Waals surface area (Å²) in [6, 6.07) is 15.0. The van der Waals surface area contributed by atoms with Gasteiger partial charge in [0, 0.05) is 4.47 Å². The second kappa shape index (κ2) is 3.33. The minimum Gasteiger partial charge on any atom is -0.197 e. The fourth-order valence-electron chi connectivity index (χ4n) is 2.15. The molecule has 2 heteroatoms. The molecule has 1 saturated carbocycles. The van der Waals surface area contributed by atoms with Crippen LogP contribution < -0.4 is 0 Å². The van der Waals surface area contributed by atoms with Gasteiger partial charge in [-0.1, -0.05) is 40.2 Å². The molecule has 0 radical (unpaired) electrons. The van der Waals surface area contributed by atoms with Crippen LogP contribution in [-0.4, -0.2) is 0 Å². The Bertz CT molecular complexity index is 606. The minimum absolute atomic E-state index is 0.219. The first kappa shape index (κ1) is 9.86. The number of rotatable bonds is 1. The maximum absolute atomic E-state index is 9.24. The summed E-state index contributed by atoms with van der Waals surface area (Å²) in [6.45, 7) is 0. The lowest BCUT2D eigenvalue weighted by Crippen LogP contribution is -2.03. The van der Waals surface area contributed by atoms with Gasteiger partial charge in [0.15, 0.2) is 0 Å². The summed E-state index contributed by atoms with van der Waals surface area (Å²) >= 11 is 3.58. The number of nitrogens with zero attached hydrogens (tertiary/aromatic N) is 1. The molecule has 2 aromatic rings. The molecular formula is C14H10BrN. The van der Waals surface area contributed by atoms with Crippen LogP contribution in [0.4, 0.5) is 0 Å². The fourth-order valence-corrected chi connectivity index (χ4v) is 2.89. The van der Waals surface area contributed by atoms with Crippen LogP contribution >= 0.6 is 15.9 Å². The Labute approximate surface area is 103 Å². The Morgan fingerprint density at radius 3 is 2.31 bits per heavy atom. The summed E-state index contributed by atoms with van der Waals surface area (Å²) in [6.07, 6.45) is 1.97. The SMILES string of the molecule is N#CC1(c2cc3ccccc3cc2Br)CC1. The maximum atomic E-state index is 9.24. The molecule has 1 aliphatic carbocycles.